The lowest BCUT2D eigenvalue weighted by atomic mass is 9.98. The molecule has 0 aromatic heterocycles. The molecule has 2 rings (SSSR count). The Kier molecular flexibility index (Phi) is 4.20. The van der Waals surface area contributed by atoms with Gasteiger partial charge in [-0.05, 0) is 36.1 Å². The van der Waals surface area contributed by atoms with Gasteiger partial charge in [0, 0.05) is 0 Å². The second-order valence-corrected chi connectivity index (χ2v) is 4.56. The number of para-hydroxylation sites is 2. The number of hydrogen-bond donors (Lipinski definition) is 0. The number of benzene rings is 2. The van der Waals surface area contributed by atoms with Crippen LogP contribution in [0, 0.1) is 11.3 Å². The van der Waals surface area contributed by atoms with Crippen molar-refractivity contribution in [3.8, 4) is 17.6 Å². The van der Waals surface area contributed by atoms with Crippen molar-refractivity contribution in [3.63, 3.8) is 0 Å². The second kappa shape index (κ2) is 6.06. The van der Waals surface area contributed by atoms with Crippen LogP contribution in [-0.2, 0) is 0 Å². The summed E-state index contributed by atoms with van der Waals surface area (Å²) < 4.78 is 5.93. The molecule has 0 radical (unpaired) electrons. The SMILES string of the molecule is CCC(C)c1ccccc1Oc1ccccc1C#N. The fourth-order valence-corrected chi connectivity index (χ4v) is 1.97. The van der Waals surface area contributed by atoms with E-state index in [-0.39, 0.29) is 0 Å². The standard InChI is InChI=1S/C17H17NO/c1-3-13(2)15-9-5-7-11-17(15)19-16-10-6-4-8-14(16)12-18/h4-11,13H,3H2,1-2H3. The Morgan fingerprint density at radius 2 is 1.68 bits per heavy atom. The smallest absolute Gasteiger partial charge is 0.145 e. The molecule has 0 aliphatic rings. The minimum absolute atomic E-state index is 0.436. The average Bonchev–Trinajstić information content (AvgIpc) is 2.47. The normalized spacial score (nSPS) is 11.6. The summed E-state index contributed by atoms with van der Waals surface area (Å²) in [6.07, 6.45) is 1.06. The van der Waals surface area contributed by atoms with E-state index in [0.29, 0.717) is 17.2 Å². The third-order valence-electron chi connectivity index (χ3n) is 3.29. The van der Waals surface area contributed by atoms with Crippen LogP contribution in [0.1, 0.15) is 37.3 Å². The average molecular weight is 251 g/mol. The molecule has 2 aromatic carbocycles. The first-order chi connectivity index (χ1) is 9.26. The van der Waals surface area contributed by atoms with Crippen LogP contribution in [0.25, 0.3) is 0 Å². The van der Waals surface area contributed by atoms with Crippen LogP contribution in [0.15, 0.2) is 48.5 Å². The maximum absolute atomic E-state index is 9.09. The van der Waals surface area contributed by atoms with Crippen LogP contribution in [0.4, 0.5) is 0 Å². The van der Waals surface area contributed by atoms with Gasteiger partial charge in [-0.25, -0.2) is 0 Å². The maximum Gasteiger partial charge on any atom is 0.145 e. The van der Waals surface area contributed by atoms with Crippen molar-refractivity contribution in [1.82, 2.24) is 0 Å². The molecule has 0 aliphatic heterocycles. The molecule has 0 N–H and O–H groups in total. The molecule has 1 atom stereocenters. The fraction of sp³-hybridized carbons (Fsp3) is 0.235. The van der Waals surface area contributed by atoms with Crippen LogP contribution in [-0.4, -0.2) is 0 Å². The molecule has 2 heteroatoms. The van der Waals surface area contributed by atoms with E-state index in [1.54, 1.807) is 6.07 Å². The quantitative estimate of drug-likeness (QED) is 0.777. The van der Waals surface area contributed by atoms with Crippen molar-refractivity contribution >= 4 is 0 Å². The molecular formula is C17H17NO. The minimum Gasteiger partial charge on any atom is -0.456 e. The highest BCUT2D eigenvalue weighted by atomic mass is 16.5. The summed E-state index contributed by atoms with van der Waals surface area (Å²) in [6.45, 7) is 4.34. The van der Waals surface area contributed by atoms with Gasteiger partial charge in [-0.1, -0.05) is 44.2 Å². The van der Waals surface area contributed by atoms with Gasteiger partial charge in [0.1, 0.15) is 17.6 Å². The summed E-state index contributed by atoms with van der Waals surface area (Å²) in [5.74, 6) is 1.88. The van der Waals surface area contributed by atoms with Gasteiger partial charge in [-0.2, -0.15) is 5.26 Å². The Balaban J connectivity index is 2.36. The lowest BCUT2D eigenvalue weighted by Crippen LogP contribution is -1.96. The van der Waals surface area contributed by atoms with Gasteiger partial charge in [0.2, 0.25) is 0 Å². The molecule has 2 nitrogen and oxygen atoms in total. The van der Waals surface area contributed by atoms with Crippen molar-refractivity contribution in [2.45, 2.75) is 26.2 Å². The summed E-state index contributed by atoms with van der Waals surface area (Å²) in [5.41, 5.74) is 1.74. The Morgan fingerprint density at radius 1 is 1.05 bits per heavy atom. The van der Waals surface area contributed by atoms with E-state index in [1.807, 2.05) is 36.4 Å². The molecule has 0 fully saturated rings. The molecule has 0 saturated heterocycles. The zero-order valence-electron chi connectivity index (χ0n) is 11.3. The molecule has 0 saturated carbocycles. The Hall–Kier alpha value is -2.27. The minimum atomic E-state index is 0.436. The molecule has 0 amide bonds. The van der Waals surface area contributed by atoms with Gasteiger partial charge >= 0.3 is 0 Å². The van der Waals surface area contributed by atoms with Gasteiger partial charge in [-0.15, -0.1) is 0 Å². The van der Waals surface area contributed by atoms with E-state index in [0.717, 1.165) is 12.2 Å². The second-order valence-electron chi connectivity index (χ2n) is 4.56. The van der Waals surface area contributed by atoms with E-state index < -0.39 is 0 Å². The monoisotopic (exact) mass is 251 g/mol. The molecule has 96 valence electrons. The third-order valence-corrected chi connectivity index (χ3v) is 3.29. The van der Waals surface area contributed by atoms with Crippen molar-refractivity contribution in [1.29, 1.82) is 5.26 Å². The van der Waals surface area contributed by atoms with Gasteiger partial charge in [-0.3, -0.25) is 0 Å². The highest BCUT2D eigenvalue weighted by Gasteiger charge is 2.11. The lowest BCUT2D eigenvalue weighted by Gasteiger charge is -2.15. The predicted molar refractivity (Wildman–Crippen MR) is 76.4 cm³/mol. The Bertz CT molecular complexity index is 598. The van der Waals surface area contributed by atoms with Crippen molar-refractivity contribution < 1.29 is 4.74 Å². The molecule has 1 unspecified atom stereocenters. The van der Waals surface area contributed by atoms with E-state index in [9.17, 15) is 0 Å². The highest BCUT2D eigenvalue weighted by Crippen LogP contribution is 2.33. The van der Waals surface area contributed by atoms with Gasteiger partial charge in [0.25, 0.3) is 0 Å². The summed E-state index contributed by atoms with van der Waals surface area (Å²) in [5, 5.41) is 9.09. The van der Waals surface area contributed by atoms with Gasteiger partial charge in [0.05, 0.1) is 5.56 Å². The number of nitrogens with zero attached hydrogens (tertiary/aromatic N) is 1. The number of ether oxygens (including phenoxy) is 1. The van der Waals surface area contributed by atoms with Gasteiger partial charge < -0.3 is 4.74 Å². The maximum atomic E-state index is 9.09. The Morgan fingerprint density at radius 3 is 2.37 bits per heavy atom. The fourth-order valence-electron chi connectivity index (χ4n) is 1.97. The topological polar surface area (TPSA) is 33.0 Å². The summed E-state index contributed by atoms with van der Waals surface area (Å²) in [4.78, 5) is 0. The molecule has 0 heterocycles. The molecule has 0 aliphatic carbocycles. The number of rotatable bonds is 4. The van der Waals surface area contributed by atoms with Crippen LogP contribution < -0.4 is 4.74 Å². The number of hydrogen-bond acceptors (Lipinski definition) is 2. The predicted octanol–water partition coefficient (Wildman–Crippen LogP) is 4.86. The summed E-state index contributed by atoms with van der Waals surface area (Å²) in [6, 6.07) is 17.5. The van der Waals surface area contributed by atoms with Crippen LogP contribution in [0.5, 0.6) is 11.5 Å². The van der Waals surface area contributed by atoms with E-state index in [4.69, 9.17) is 10.00 Å². The zero-order chi connectivity index (χ0) is 13.7. The van der Waals surface area contributed by atoms with E-state index in [1.165, 1.54) is 5.56 Å². The first-order valence-electron chi connectivity index (χ1n) is 6.52. The Labute approximate surface area is 114 Å². The van der Waals surface area contributed by atoms with Crippen molar-refractivity contribution in [3.05, 3.63) is 59.7 Å². The van der Waals surface area contributed by atoms with Crippen molar-refractivity contribution in [2.75, 3.05) is 0 Å². The molecule has 2 aromatic rings. The first-order valence-corrected chi connectivity index (χ1v) is 6.52. The molecular weight excluding hydrogens is 234 g/mol. The largest absolute Gasteiger partial charge is 0.456 e. The first kappa shape index (κ1) is 13.2. The molecule has 0 spiro atoms. The highest BCUT2D eigenvalue weighted by molar-refractivity contribution is 5.47. The molecule has 0 bridgehead atoms. The molecule has 19 heavy (non-hydrogen) atoms. The van der Waals surface area contributed by atoms with Crippen molar-refractivity contribution in [2.24, 2.45) is 0 Å². The van der Waals surface area contributed by atoms with Crippen LogP contribution in [0.3, 0.4) is 0 Å². The lowest BCUT2D eigenvalue weighted by molar-refractivity contribution is 0.469. The van der Waals surface area contributed by atoms with E-state index in [2.05, 4.69) is 26.0 Å². The van der Waals surface area contributed by atoms with E-state index >= 15 is 0 Å². The summed E-state index contributed by atoms with van der Waals surface area (Å²) >= 11 is 0. The summed E-state index contributed by atoms with van der Waals surface area (Å²) in [7, 11) is 0. The van der Waals surface area contributed by atoms with Gasteiger partial charge in [0.15, 0.2) is 0 Å². The van der Waals surface area contributed by atoms with Crippen LogP contribution in [0.2, 0.25) is 0 Å². The van der Waals surface area contributed by atoms with Crippen LogP contribution >= 0.6 is 0 Å². The number of nitriles is 1. The third kappa shape index (κ3) is 2.95. The zero-order valence-corrected chi connectivity index (χ0v) is 11.3.